The first-order valence-corrected chi connectivity index (χ1v) is 9.48. The number of carbonyl (C=O) groups excluding carboxylic acids is 1. The van der Waals surface area contributed by atoms with Gasteiger partial charge in [0, 0.05) is 19.6 Å². The zero-order chi connectivity index (χ0) is 19.8. The maximum Gasteiger partial charge on any atom is 0.260 e. The summed E-state index contributed by atoms with van der Waals surface area (Å²) in [5.74, 6) is 0.396. The summed E-state index contributed by atoms with van der Waals surface area (Å²) in [6.07, 6.45) is -0.631. The first-order chi connectivity index (χ1) is 13.7. The molecule has 1 amide bonds. The molecule has 1 heterocycles. The van der Waals surface area contributed by atoms with Crippen molar-refractivity contribution >= 4 is 5.91 Å². The molecule has 1 aliphatic heterocycles. The normalized spacial score (nSPS) is 16.6. The summed E-state index contributed by atoms with van der Waals surface area (Å²) < 4.78 is 11.2. The molecule has 6 nitrogen and oxygen atoms in total. The van der Waals surface area contributed by atoms with Crippen LogP contribution < -0.4 is 10.1 Å². The summed E-state index contributed by atoms with van der Waals surface area (Å²) in [5.41, 5.74) is 1.73. The smallest absolute Gasteiger partial charge is 0.260 e. The van der Waals surface area contributed by atoms with Gasteiger partial charge in [-0.3, -0.25) is 9.69 Å². The topological polar surface area (TPSA) is 74.6 Å². The van der Waals surface area contributed by atoms with Gasteiger partial charge in [-0.25, -0.2) is 0 Å². The highest BCUT2D eigenvalue weighted by molar-refractivity contribution is 5.80. The Balaban J connectivity index is 1.59. The number of nitrogens with one attached hydrogen (secondary N) is 1. The molecule has 1 aliphatic rings. The second-order valence-electron chi connectivity index (χ2n) is 6.72. The van der Waals surface area contributed by atoms with E-state index in [1.165, 1.54) is 5.56 Å². The molecule has 0 saturated carbocycles. The Labute approximate surface area is 165 Å². The van der Waals surface area contributed by atoms with Crippen molar-refractivity contribution < 1.29 is 14.3 Å². The Morgan fingerprint density at radius 3 is 2.50 bits per heavy atom. The summed E-state index contributed by atoms with van der Waals surface area (Å²) in [6, 6.07) is 19.1. The zero-order valence-electron chi connectivity index (χ0n) is 16.0. The highest BCUT2D eigenvalue weighted by Crippen LogP contribution is 2.21. The molecule has 2 aromatic rings. The van der Waals surface area contributed by atoms with Crippen LogP contribution in [-0.2, 0) is 9.53 Å². The van der Waals surface area contributed by atoms with Crippen molar-refractivity contribution in [2.45, 2.75) is 19.1 Å². The van der Waals surface area contributed by atoms with Crippen LogP contribution in [0.25, 0.3) is 0 Å². The Morgan fingerprint density at radius 2 is 1.86 bits per heavy atom. The fourth-order valence-electron chi connectivity index (χ4n) is 3.23. The molecule has 146 valence electrons. The summed E-state index contributed by atoms with van der Waals surface area (Å²) in [6.45, 7) is 5.31. The first-order valence-electron chi connectivity index (χ1n) is 9.48. The van der Waals surface area contributed by atoms with Gasteiger partial charge in [0.05, 0.1) is 30.9 Å². The van der Waals surface area contributed by atoms with E-state index in [-0.39, 0.29) is 11.9 Å². The van der Waals surface area contributed by atoms with Gasteiger partial charge in [-0.2, -0.15) is 5.26 Å². The molecule has 1 N–H and O–H groups in total. The molecule has 2 unspecified atom stereocenters. The zero-order valence-corrected chi connectivity index (χ0v) is 16.0. The molecule has 0 radical (unpaired) electrons. The minimum Gasteiger partial charge on any atom is -0.481 e. The number of carbonyl (C=O) groups is 1. The largest absolute Gasteiger partial charge is 0.481 e. The highest BCUT2D eigenvalue weighted by Gasteiger charge is 2.24. The molecule has 0 aliphatic carbocycles. The monoisotopic (exact) mass is 379 g/mol. The molecule has 28 heavy (non-hydrogen) atoms. The third-order valence-corrected chi connectivity index (χ3v) is 4.81. The van der Waals surface area contributed by atoms with Crippen LogP contribution in [-0.4, -0.2) is 49.8 Å². The standard InChI is InChI=1S/C22H25N3O3/c1-17(28-20-9-7-18(15-23)8-10-20)22(26)24-16-21(19-5-3-2-4-6-19)25-11-13-27-14-12-25/h2-10,17,21H,11-14,16H2,1H3,(H,24,26). The number of nitriles is 1. The number of rotatable bonds is 7. The van der Waals surface area contributed by atoms with E-state index in [2.05, 4.69) is 28.4 Å². The van der Waals surface area contributed by atoms with E-state index in [1.54, 1.807) is 31.2 Å². The van der Waals surface area contributed by atoms with Gasteiger partial charge >= 0.3 is 0 Å². The van der Waals surface area contributed by atoms with Gasteiger partial charge in [0.15, 0.2) is 6.10 Å². The third kappa shape index (κ3) is 5.32. The van der Waals surface area contributed by atoms with Crippen LogP contribution in [0.2, 0.25) is 0 Å². The molecule has 1 fully saturated rings. The lowest BCUT2D eigenvalue weighted by Crippen LogP contribution is -2.45. The number of amides is 1. The van der Waals surface area contributed by atoms with Crippen molar-refractivity contribution in [1.82, 2.24) is 10.2 Å². The van der Waals surface area contributed by atoms with E-state index in [4.69, 9.17) is 14.7 Å². The van der Waals surface area contributed by atoms with E-state index in [0.717, 1.165) is 13.1 Å². The molecule has 0 bridgehead atoms. The van der Waals surface area contributed by atoms with Crippen molar-refractivity contribution in [3.05, 3.63) is 65.7 Å². The summed E-state index contributed by atoms with van der Waals surface area (Å²) in [5, 5.41) is 11.9. The van der Waals surface area contributed by atoms with E-state index in [9.17, 15) is 4.79 Å². The minimum atomic E-state index is -0.631. The number of morpholine rings is 1. The Kier molecular flexibility index (Phi) is 7.01. The van der Waals surface area contributed by atoms with Gasteiger partial charge in [-0.1, -0.05) is 30.3 Å². The SMILES string of the molecule is CC(Oc1ccc(C#N)cc1)C(=O)NCC(c1ccccc1)N1CCOCC1. The third-order valence-electron chi connectivity index (χ3n) is 4.81. The molecular weight excluding hydrogens is 354 g/mol. The molecule has 1 saturated heterocycles. The fraction of sp³-hybridized carbons (Fsp3) is 0.364. The predicted octanol–water partition coefficient (Wildman–Crippen LogP) is 2.52. The van der Waals surface area contributed by atoms with Crippen LogP contribution in [0, 0.1) is 11.3 Å². The Bertz CT molecular complexity index is 796. The van der Waals surface area contributed by atoms with Crippen molar-refractivity contribution in [1.29, 1.82) is 5.26 Å². The van der Waals surface area contributed by atoms with Crippen molar-refractivity contribution in [2.24, 2.45) is 0 Å². The van der Waals surface area contributed by atoms with Crippen LogP contribution in [0.1, 0.15) is 24.1 Å². The van der Waals surface area contributed by atoms with Crippen LogP contribution in [0.5, 0.6) is 5.75 Å². The second-order valence-corrected chi connectivity index (χ2v) is 6.72. The number of hydrogen-bond donors (Lipinski definition) is 1. The summed E-state index contributed by atoms with van der Waals surface area (Å²) in [7, 11) is 0. The lowest BCUT2D eigenvalue weighted by atomic mass is 10.0. The lowest BCUT2D eigenvalue weighted by molar-refractivity contribution is -0.127. The van der Waals surface area contributed by atoms with Gasteiger partial charge in [0.2, 0.25) is 0 Å². The van der Waals surface area contributed by atoms with E-state index >= 15 is 0 Å². The number of benzene rings is 2. The number of nitrogens with zero attached hydrogens (tertiary/aromatic N) is 2. The molecule has 0 aromatic heterocycles. The van der Waals surface area contributed by atoms with E-state index in [1.807, 2.05) is 18.2 Å². The number of hydrogen-bond acceptors (Lipinski definition) is 5. The quantitative estimate of drug-likeness (QED) is 0.800. The molecule has 3 rings (SSSR count). The number of ether oxygens (including phenoxy) is 2. The Hall–Kier alpha value is -2.88. The maximum absolute atomic E-state index is 12.6. The van der Waals surface area contributed by atoms with Crippen LogP contribution >= 0.6 is 0 Å². The second kappa shape index (κ2) is 9.88. The van der Waals surface area contributed by atoms with Crippen molar-refractivity contribution in [3.8, 4) is 11.8 Å². The van der Waals surface area contributed by atoms with Crippen molar-refractivity contribution in [2.75, 3.05) is 32.8 Å². The molecule has 2 atom stereocenters. The molecular formula is C22H25N3O3. The van der Waals surface area contributed by atoms with E-state index < -0.39 is 6.10 Å². The van der Waals surface area contributed by atoms with Gasteiger partial charge in [-0.15, -0.1) is 0 Å². The summed E-state index contributed by atoms with van der Waals surface area (Å²) in [4.78, 5) is 14.9. The first kappa shape index (κ1) is 19.9. The van der Waals surface area contributed by atoms with E-state index in [0.29, 0.717) is 31.1 Å². The lowest BCUT2D eigenvalue weighted by Gasteiger charge is -2.35. The Morgan fingerprint density at radius 1 is 1.18 bits per heavy atom. The minimum absolute atomic E-state index is 0.0937. The van der Waals surface area contributed by atoms with Gasteiger partial charge in [0.1, 0.15) is 5.75 Å². The van der Waals surface area contributed by atoms with Crippen molar-refractivity contribution in [3.63, 3.8) is 0 Å². The molecule has 0 spiro atoms. The average Bonchev–Trinajstić information content (AvgIpc) is 2.76. The fourth-order valence-corrected chi connectivity index (χ4v) is 3.23. The van der Waals surface area contributed by atoms with Gasteiger partial charge in [0.25, 0.3) is 5.91 Å². The predicted molar refractivity (Wildman–Crippen MR) is 106 cm³/mol. The van der Waals surface area contributed by atoms with Crippen LogP contribution in [0.3, 0.4) is 0 Å². The van der Waals surface area contributed by atoms with Gasteiger partial charge < -0.3 is 14.8 Å². The van der Waals surface area contributed by atoms with Crippen LogP contribution in [0.4, 0.5) is 0 Å². The highest BCUT2D eigenvalue weighted by atomic mass is 16.5. The molecule has 2 aromatic carbocycles. The average molecular weight is 379 g/mol. The molecule has 6 heteroatoms. The maximum atomic E-state index is 12.6. The summed E-state index contributed by atoms with van der Waals surface area (Å²) >= 11 is 0. The van der Waals surface area contributed by atoms with Gasteiger partial charge in [-0.05, 0) is 36.8 Å². The van der Waals surface area contributed by atoms with Crippen LogP contribution in [0.15, 0.2) is 54.6 Å².